The summed E-state index contributed by atoms with van der Waals surface area (Å²) in [6, 6.07) is 26.1. The number of phenolic OH excluding ortho intramolecular Hbond substituents is 2. The first-order valence-electron chi connectivity index (χ1n) is 45.8. The van der Waals surface area contributed by atoms with E-state index in [0.717, 1.165) is 11.1 Å². The maximum Gasteiger partial charge on any atom is 0.294 e. The Morgan fingerprint density at radius 3 is 1.36 bits per heavy atom. The fourth-order valence-electron chi connectivity index (χ4n) is 17.5. The number of alkyl halides is 2. The van der Waals surface area contributed by atoms with Gasteiger partial charge in [0.25, 0.3) is 59.1 Å². The zero-order valence-electron chi connectivity index (χ0n) is 80.9. The summed E-state index contributed by atoms with van der Waals surface area (Å²) in [4.78, 5) is 211. The van der Waals surface area contributed by atoms with Gasteiger partial charge in [-0.2, -0.15) is 0 Å². The van der Waals surface area contributed by atoms with Crippen LogP contribution in [0.3, 0.4) is 0 Å². The van der Waals surface area contributed by atoms with Crippen LogP contribution in [0.2, 0.25) is 0 Å². The van der Waals surface area contributed by atoms with Gasteiger partial charge < -0.3 is 139 Å². The van der Waals surface area contributed by atoms with E-state index < -0.39 is 65.0 Å². The average molecular weight is 2220 g/mol. The summed E-state index contributed by atoms with van der Waals surface area (Å²) in [5.74, 6) is -7.64. The van der Waals surface area contributed by atoms with Crippen LogP contribution in [0.15, 0.2) is 151 Å². The molecule has 2 aliphatic heterocycles. The Morgan fingerprint density at radius 2 is 0.856 bits per heavy atom. The van der Waals surface area contributed by atoms with Crippen molar-refractivity contribution >= 4 is 223 Å². The second-order valence-electron chi connectivity index (χ2n) is 35.4. The third-order valence-corrected chi connectivity index (χ3v) is 26.5. The van der Waals surface area contributed by atoms with Crippen LogP contribution in [0, 0.1) is 0 Å². The number of amides is 14. The number of methoxy groups -OCH3 is 1. The maximum atomic E-state index is 14.7. The SMILES string of the molecule is COCCOCCNC(=O)c1ccc2c(O)cc3c(c2c1)C(CI)CN3C(=O)Cc1ccc2c(O)cc3c(c2c1)C(CI)CN3C(=O)c1cc2cc(NC(=O)CCNC(=O)c3cc(NC(=O)c4cc(NC(=O)c5cc(NC(=O)c6cc(NC(=O)CCCNC(=O)c7nc(NC(=O)c8nc(NC(=O)c9nc(NC(=O)c%10nc(NC(=O)CN(C)C)cn%10C)cn9C)cn8C)cn7C)cn6C)cn5C)cn4C)cn3C)ccc2o1. The number of imidazole rings is 4. The number of fused-ring (bicyclic) bond motifs is 7. The summed E-state index contributed by atoms with van der Waals surface area (Å²) in [6.07, 6.45) is 11.8. The van der Waals surface area contributed by atoms with E-state index in [1.54, 1.807) is 145 Å². The number of ether oxygens (including phenoxy) is 2. The number of anilines is 11. The van der Waals surface area contributed by atoms with Gasteiger partial charge in [0.15, 0.2) is 29.0 Å². The van der Waals surface area contributed by atoms with Gasteiger partial charge in [-0.05, 0) is 115 Å². The molecule has 146 heavy (non-hydrogen) atoms. The maximum absolute atomic E-state index is 14.7. The zero-order valence-corrected chi connectivity index (χ0v) is 85.2. The van der Waals surface area contributed by atoms with E-state index in [2.05, 4.69) is 129 Å². The molecule has 48 heteroatoms. The summed E-state index contributed by atoms with van der Waals surface area (Å²) in [5, 5.41) is 58.7. The number of nitrogens with one attached hydrogen (secondary N) is 12. The molecule has 14 N–H and O–H groups in total. The fourth-order valence-corrected chi connectivity index (χ4v) is 18.9. The molecule has 0 aliphatic carbocycles. The Morgan fingerprint density at radius 1 is 0.411 bits per heavy atom. The first kappa shape index (κ1) is 103. The van der Waals surface area contributed by atoms with E-state index in [0.29, 0.717) is 102 Å². The lowest BCUT2D eigenvalue weighted by Crippen LogP contribution is -2.31. The summed E-state index contributed by atoms with van der Waals surface area (Å²) in [5.41, 5.74) is 6.30. The summed E-state index contributed by atoms with van der Waals surface area (Å²) in [7, 11) is 17.6. The minimum Gasteiger partial charge on any atom is -0.507 e. The van der Waals surface area contributed by atoms with Crippen molar-refractivity contribution in [2.75, 3.05) is 147 Å². The van der Waals surface area contributed by atoms with E-state index in [9.17, 15) is 77.3 Å². The summed E-state index contributed by atoms with van der Waals surface area (Å²) in [6.45, 7) is 2.14. The van der Waals surface area contributed by atoms with Gasteiger partial charge in [0.05, 0.1) is 66.9 Å². The Hall–Kier alpha value is -16.4. The number of aromatic nitrogens is 12. The molecule has 14 amide bonds. The highest BCUT2D eigenvalue weighted by molar-refractivity contribution is 14.1. The number of carbonyl (C=O) groups is 14. The smallest absolute Gasteiger partial charge is 0.294 e. The number of furan rings is 1. The molecule has 0 spiro atoms. The van der Waals surface area contributed by atoms with Crippen LogP contribution in [0.4, 0.5) is 63.1 Å². The number of phenols is 2. The second-order valence-corrected chi connectivity index (χ2v) is 37.2. The number of hydrogen-bond donors (Lipinski definition) is 14. The number of carbonyl (C=O) groups excluding carboxylic acids is 14. The topological polar surface area (TPSA) is 556 Å². The Labute approximate surface area is 859 Å². The largest absolute Gasteiger partial charge is 0.507 e. The lowest BCUT2D eigenvalue weighted by atomic mass is 9.93. The molecule has 11 heterocycles. The van der Waals surface area contributed by atoms with Gasteiger partial charge in [0.2, 0.25) is 46.9 Å². The van der Waals surface area contributed by atoms with Crippen molar-refractivity contribution in [2.45, 2.75) is 37.5 Å². The molecule has 2 unspecified atom stereocenters. The van der Waals surface area contributed by atoms with Crippen LogP contribution in [0.25, 0.3) is 32.5 Å². The van der Waals surface area contributed by atoms with E-state index in [1.807, 2.05) is 6.07 Å². The normalized spacial score (nSPS) is 13.1. The van der Waals surface area contributed by atoms with Crippen LogP contribution < -0.4 is 73.6 Å². The van der Waals surface area contributed by atoms with Crippen molar-refractivity contribution in [1.82, 2.24) is 77.3 Å². The highest BCUT2D eigenvalue weighted by Crippen LogP contribution is 2.49. The zero-order chi connectivity index (χ0) is 104. The number of benzene rings is 5. The number of rotatable bonds is 38. The molecule has 2 atom stereocenters. The van der Waals surface area contributed by atoms with Crippen LogP contribution in [0.1, 0.15) is 153 Å². The van der Waals surface area contributed by atoms with E-state index in [1.165, 1.54) is 124 Å². The molecule has 0 saturated carbocycles. The summed E-state index contributed by atoms with van der Waals surface area (Å²) >= 11 is 4.58. The first-order valence-corrected chi connectivity index (χ1v) is 48.9. The lowest BCUT2D eigenvalue weighted by Gasteiger charge is -2.19. The Bertz CT molecular complexity index is 7610. The fraction of sp³-hybridized carbons (Fsp3) is 0.286. The van der Waals surface area contributed by atoms with Crippen molar-refractivity contribution < 1.29 is 91.2 Å². The van der Waals surface area contributed by atoms with Crippen LogP contribution in [0.5, 0.6) is 11.5 Å². The molecule has 0 bridgehead atoms. The first-order chi connectivity index (χ1) is 69.8. The van der Waals surface area contributed by atoms with Crippen LogP contribution >= 0.6 is 45.2 Å². The van der Waals surface area contributed by atoms with E-state index >= 15 is 0 Å². The van der Waals surface area contributed by atoms with Crippen molar-refractivity contribution in [3.8, 4) is 11.5 Å². The summed E-state index contributed by atoms with van der Waals surface area (Å²) < 4.78 is 29.5. The molecule has 9 aromatic heterocycles. The molecular weight excluding hydrogens is 2110 g/mol. The molecule has 758 valence electrons. The minimum atomic E-state index is -0.731. The molecule has 2 aliphatic rings. The number of nitrogens with zero attached hydrogens (tertiary/aromatic N) is 15. The highest BCUT2D eigenvalue weighted by atomic mass is 127. The molecule has 5 aromatic carbocycles. The van der Waals surface area contributed by atoms with Crippen molar-refractivity contribution in [3.63, 3.8) is 0 Å². The second kappa shape index (κ2) is 43.8. The number of aryl methyl sites for hydroxylation is 8. The monoisotopic (exact) mass is 2220 g/mol. The molecule has 0 fully saturated rings. The Kier molecular flexibility index (Phi) is 30.8. The number of halogens is 2. The van der Waals surface area contributed by atoms with Gasteiger partial charge >= 0.3 is 0 Å². The third kappa shape index (κ3) is 22.8. The average Bonchev–Trinajstić information content (AvgIpc) is 1.51. The van der Waals surface area contributed by atoms with Crippen molar-refractivity contribution in [2.24, 2.45) is 56.4 Å². The predicted molar refractivity (Wildman–Crippen MR) is 559 cm³/mol. The molecular formula is C98H103I2N27O19. The van der Waals surface area contributed by atoms with Crippen LogP contribution in [-0.4, -0.2) is 243 Å². The number of aromatic hydroxyl groups is 2. The molecule has 0 saturated heterocycles. The number of hydrogen-bond acceptors (Lipinski definition) is 24. The molecule has 16 rings (SSSR count). The molecule has 0 radical (unpaired) electrons. The lowest BCUT2D eigenvalue weighted by molar-refractivity contribution is -0.118. The highest BCUT2D eigenvalue weighted by Gasteiger charge is 2.39. The minimum absolute atomic E-state index is 0.00329. The Balaban J connectivity index is 0.453. The van der Waals surface area contributed by atoms with Crippen molar-refractivity contribution in [3.05, 3.63) is 221 Å². The predicted octanol–water partition coefficient (Wildman–Crippen LogP) is 9.04. The van der Waals surface area contributed by atoms with E-state index in [4.69, 9.17) is 13.9 Å². The number of likely N-dealkylation sites (N-methyl/N-ethyl adjacent to an activating group) is 1. The van der Waals surface area contributed by atoms with Gasteiger partial charge in [-0.1, -0.05) is 63.4 Å². The van der Waals surface area contributed by atoms with Crippen molar-refractivity contribution in [1.29, 1.82) is 0 Å². The van der Waals surface area contributed by atoms with Crippen LogP contribution in [-0.2, 0) is 91.5 Å². The van der Waals surface area contributed by atoms with Gasteiger partial charge in [0.1, 0.15) is 39.9 Å². The van der Waals surface area contributed by atoms with Gasteiger partial charge in [0, 0.05) is 219 Å². The van der Waals surface area contributed by atoms with Gasteiger partial charge in [-0.25, -0.2) is 19.9 Å². The van der Waals surface area contributed by atoms with Gasteiger partial charge in [-0.15, -0.1) is 0 Å². The van der Waals surface area contributed by atoms with Gasteiger partial charge in [-0.3, -0.25) is 67.1 Å². The van der Waals surface area contributed by atoms with E-state index in [-0.39, 0.29) is 192 Å². The standard InChI is InChI=1S/C98H103I2N27O19/c1-117(2)50-81(132)109-75-46-123(8)86(110-75)95(140)115-77-48-125(10)88(112-77)97(142)116-78-49-124(9)87(113-78)96(141)114-76-47-122(7)85(111-76)94(139)101-21-12-13-79(130)105-57-32-68(119(4)42-57)91(136)107-59-34-70(121(6)44-59)93(138)108-60-35-69(120(5)45-60)92(137)106-58-33-67(118(3)43-58)90(135)102-22-20-80(131)104-56-16-19-73-53(29-56)31-74(146-73)98(143)127-41-55(39-100)83-63-27-51(14-17-61(63)72(129)37-66(83)127)28-82(133)126-40-54(38-99)84-64-30-52(15-18-62(64)71(128)36-65(84)126)89(134)103-23-24-145-26-25-144-11/h14-19,27,29-37,42-49,54-55,128-129H,12-13,20-26,28,38-41,50H2,1-11H3,(H,101,139)(H,102,135)(H,103,134)(H,104,131)(H,105,130)(H,106,137)(H,107,136)(H,108,138)(H,109,132)(H,114,141)(H,115,140)(H,116,142). The quantitative estimate of drug-likeness (QED) is 0.00974. The third-order valence-electron chi connectivity index (χ3n) is 24.3. The molecule has 14 aromatic rings. The molecule has 46 nitrogen and oxygen atoms in total.